The molecule has 2 unspecified atom stereocenters. The molecule has 10 heavy (non-hydrogen) atoms. The van der Waals surface area contributed by atoms with E-state index in [4.69, 9.17) is 15.9 Å². The number of hydrogen-bond donors (Lipinski definition) is 3. The Balaban J connectivity index is 2.49. The monoisotopic (exact) mass is 145 g/mol. The molecule has 1 aliphatic rings. The van der Waals surface area contributed by atoms with Gasteiger partial charge in [0.25, 0.3) is 0 Å². The summed E-state index contributed by atoms with van der Waals surface area (Å²) in [6.45, 7) is 0. The van der Waals surface area contributed by atoms with Gasteiger partial charge >= 0.3 is 5.97 Å². The minimum Gasteiger partial charge on any atom is -0.481 e. The quantitative estimate of drug-likeness (QED) is 0.449. The van der Waals surface area contributed by atoms with Crippen LogP contribution in [0.5, 0.6) is 0 Å². The molecule has 1 fully saturated rings. The second-order valence-corrected chi connectivity index (χ2v) is 2.74. The topological polar surface area (TPSA) is 83.6 Å². The number of rotatable bonds is 1. The van der Waals surface area contributed by atoms with Crippen molar-refractivity contribution in [3.8, 4) is 0 Å². The molecule has 1 saturated carbocycles. The zero-order valence-corrected chi connectivity index (χ0v) is 5.53. The van der Waals surface area contributed by atoms with Crippen molar-refractivity contribution in [2.45, 2.75) is 25.0 Å². The lowest BCUT2D eigenvalue weighted by Crippen LogP contribution is -2.28. The highest BCUT2D eigenvalue weighted by Gasteiger charge is 2.34. The van der Waals surface area contributed by atoms with E-state index in [1.54, 1.807) is 0 Å². The van der Waals surface area contributed by atoms with E-state index >= 15 is 0 Å². The normalized spacial score (nSPS) is 40.0. The summed E-state index contributed by atoms with van der Waals surface area (Å²) in [4.78, 5) is 10.3. The van der Waals surface area contributed by atoms with Crippen molar-refractivity contribution in [1.82, 2.24) is 0 Å². The predicted molar refractivity (Wildman–Crippen MR) is 34.3 cm³/mol. The molecule has 0 bridgehead atoms. The number of aliphatic hydroxyl groups excluding tert-OH is 1. The molecule has 4 heteroatoms. The first-order valence-corrected chi connectivity index (χ1v) is 3.27. The minimum atomic E-state index is -0.855. The van der Waals surface area contributed by atoms with Gasteiger partial charge in [-0.3, -0.25) is 4.79 Å². The smallest absolute Gasteiger partial charge is 0.306 e. The number of carbonyl (C=O) groups is 1. The fourth-order valence-electron chi connectivity index (χ4n) is 1.25. The van der Waals surface area contributed by atoms with E-state index in [2.05, 4.69) is 0 Å². The predicted octanol–water partition coefficient (Wildman–Crippen LogP) is -0.831. The highest BCUT2D eigenvalue weighted by atomic mass is 16.4. The van der Waals surface area contributed by atoms with E-state index in [1.807, 2.05) is 0 Å². The third kappa shape index (κ3) is 1.27. The molecular formula is C6H11NO3. The molecular weight excluding hydrogens is 134 g/mol. The first-order valence-electron chi connectivity index (χ1n) is 3.27. The average molecular weight is 145 g/mol. The van der Waals surface area contributed by atoms with Gasteiger partial charge in [-0.2, -0.15) is 0 Å². The van der Waals surface area contributed by atoms with Crippen LogP contribution in [-0.4, -0.2) is 28.3 Å². The van der Waals surface area contributed by atoms with Crippen LogP contribution in [0.25, 0.3) is 0 Å². The van der Waals surface area contributed by atoms with E-state index in [9.17, 15) is 4.79 Å². The molecule has 0 spiro atoms. The van der Waals surface area contributed by atoms with Crippen LogP contribution >= 0.6 is 0 Å². The van der Waals surface area contributed by atoms with E-state index in [1.165, 1.54) is 0 Å². The third-order valence-corrected chi connectivity index (χ3v) is 1.93. The van der Waals surface area contributed by atoms with Gasteiger partial charge in [0.05, 0.1) is 12.0 Å². The van der Waals surface area contributed by atoms with Crippen LogP contribution in [0.3, 0.4) is 0 Å². The molecule has 0 radical (unpaired) electrons. The summed E-state index contributed by atoms with van der Waals surface area (Å²) in [7, 11) is 0. The SMILES string of the molecule is NC1CC(C(=O)O)C[C@@H]1O. The largest absolute Gasteiger partial charge is 0.481 e. The summed E-state index contributed by atoms with van der Waals surface area (Å²) in [5.74, 6) is -1.29. The Kier molecular flexibility index (Phi) is 1.92. The zero-order chi connectivity index (χ0) is 7.72. The van der Waals surface area contributed by atoms with Gasteiger partial charge in [-0.25, -0.2) is 0 Å². The van der Waals surface area contributed by atoms with E-state index < -0.39 is 18.0 Å². The maximum atomic E-state index is 10.3. The molecule has 1 rings (SSSR count). The van der Waals surface area contributed by atoms with Gasteiger partial charge in [0.15, 0.2) is 0 Å². The molecule has 0 amide bonds. The van der Waals surface area contributed by atoms with Gasteiger partial charge in [-0.1, -0.05) is 0 Å². The van der Waals surface area contributed by atoms with E-state index in [0.717, 1.165) is 0 Å². The van der Waals surface area contributed by atoms with Gasteiger partial charge < -0.3 is 15.9 Å². The van der Waals surface area contributed by atoms with Crippen molar-refractivity contribution in [3.05, 3.63) is 0 Å². The maximum absolute atomic E-state index is 10.3. The van der Waals surface area contributed by atoms with Crippen molar-refractivity contribution < 1.29 is 15.0 Å². The van der Waals surface area contributed by atoms with Crippen molar-refractivity contribution in [3.63, 3.8) is 0 Å². The Hall–Kier alpha value is -0.610. The number of nitrogens with two attached hydrogens (primary N) is 1. The molecule has 0 saturated heterocycles. The van der Waals surface area contributed by atoms with Crippen molar-refractivity contribution in [2.24, 2.45) is 11.7 Å². The van der Waals surface area contributed by atoms with Crippen LogP contribution in [0.4, 0.5) is 0 Å². The van der Waals surface area contributed by atoms with Gasteiger partial charge in [0.1, 0.15) is 0 Å². The lowest BCUT2D eigenvalue weighted by Gasteiger charge is -2.04. The van der Waals surface area contributed by atoms with Gasteiger partial charge in [0.2, 0.25) is 0 Å². The average Bonchev–Trinajstić information content (AvgIpc) is 2.13. The number of hydrogen-bond acceptors (Lipinski definition) is 3. The van der Waals surface area contributed by atoms with E-state index in [-0.39, 0.29) is 6.04 Å². The van der Waals surface area contributed by atoms with Gasteiger partial charge in [-0.05, 0) is 12.8 Å². The van der Waals surface area contributed by atoms with Crippen LogP contribution in [0.15, 0.2) is 0 Å². The molecule has 1 aliphatic carbocycles. The summed E-state index contributed by atoms with van der Waals surface area (Å²) in [5, 5.41) is 17.5. The lowest BCUT2D eigenvalue weighted by molar-refractivity contribution is -0.141. The Morgan fingerprint density at radius 2 is 2.10 bits per heavy atom. The molecule has 0 aromatic carbocycles. The highest BCUT2D eigenvalue weighted by molar-refractivity contribution is 5.70. The van der Waals surface area contributed by atoms with Gasteiger partial charge in [0, 0.05) is 6.04 Å². The first kappa shape index (κ1) is 7.50. The second-order valence-electron chi connectivity index (χ2n) is 2.74. The second kappa shape index (κ2) is 2.56. The van der Waals surface area contributed by atoms with E-state index in [0.29, 0.717) is 12.8 Å². The molecule has 0 aromatic heterocycles. The fraction of sp³-hybridized carbons (Fsp3) is 0.833. The first-order chi connectivity index (χ1) is 4.61. The van der Waals surface area contributed by atoms with Crippen LogP contribution < -0.4 is 5.73 Å². The Morgan fingerprint density at radius 3 is 2.30 bits per heavy atom. The summed E-state index contributed by atoms with van der Waals surface area (Å²) in [6.07, 6.45) is 0.0774. The molecule has 58 valence electrons. The Bertz CT molecular complexity index is 138. The minimum absolute atomic E-state index is 0.302. The number of carboxylic acid groups (broad SMARTS) is 1. The summed E-state index contributed by atoms with van der Waals surface area (Å²) in [5.41, 5.74) is 5.39. The molecule has 3 atom stereocenters. The van der Waals surface area contributed by atoms with Gasteiger partial charge in [-0.15, -0.1) is 0 Å². The fourth-order valence-corrected chi connectivity index (χ4v) is 1.25. The molecule has 4 nitrogen and oxygen atoms in total. The molecule has 0 aliphatic heterocycles. The third-order valence-electron chi connectivity index (χ3n) is 1.93. The summed E-state index contributed by atoms with van der Waals surface area (Å²) >= 11 is 0. The van der Waals surface area contributed by atoms with Crippen LogP contribution in [0.1, 0.15) is 12.8 Å². The lowest BCUT2D eigenvalue weighted by atomic mass is 10.1. The summed E-state index contributed by atoms with van der Waals surface area (Å²) in [6, 6.07) is -0.346. The number of carboxylic acids is 1. The standard InChI is InChI=1S/C6H11NO3/c7-4-1-3(6(9)10)2-5(4)8/h3-5,8H,1-2,7H2,(H,9,10)/t3?,4?,5-/m0/s1. The van der Waals surface area contributed by atoms with Crippen LogP contribution in [-0.2, 0) is 4.79 Å². The molecule has 0 heterocycles. The molecule has 0 aromatic rings. The Labute approximate surface area is 58.6 Å². The van der Waals surface area contributed by atoms with Crippen molar-refractivity contribution >= 4 is 5.97 Å². The highest BCUT2D eigenvalue weighted by Crippen LogP contribution is 2.24. The van der Waals surface area contributed by atoms with Crippen molar-refractivity contribution in [1.29, 1.82) is 0 Å². The Morgan fingerprint density at radius 1 is 1.50 bits per heavy atom. The summed E-state index contributed by atoms with van der Waals surface area (Å²) < 4.78 is 0. The van der Waals surface area contributed by atoms with Crippen molar-refractivity contribution in [2.75, 3.05) is 0 Å². The van der Waals surface area contributed by atoms with Crippen LogP contribution in [0.2, 0.25) is 0 Å². The maximum Gasteiger partial charge on any atom is 0.306 e. The number of aliphatic carboxylic acids is 1. The zero-order valence-electron chi connectivity index (χ0n) is 5.53. The molecule has 4 N–H and O–H groups in total. The number of aliphatic hydroxyl groups is 1. The van der Waals surface area contributed by atoms with Crippen LogP contribution in [0, 0.1) is 5.92 Å².